The minimum Gasteiger partial charge on any atom is -0.364 e. The monoisotopic (exact) mass is 432 g/mol. The fraction of sp³-hybridized carbons (Fsp3) is 0.400. The summed E-state index contributed by atoms with van der Waals surface area (Å²) in [7, 11) is 0. The molecule has 160 valence electrons. The van der Waals surface area contributed by atoms with Gasteiger partial charge in [-0.2, -0.15) is 5.10 Å². The van der Waals surface area contributed by atoms with E-state index in [9.17, 15) is 14.4 Å². The molecule has 1 atom stereocenters. The number of likely N-dealkylation sites (tertiary alicyclic amines) is 1. The van der Waals surface area contributed by atoms with Crippen LogP contribution in [-0.2, 0) is 4.79 Å². The van der Waals surface area contributed by atoms with Crippen molar-refractivity contribution < 1.29 is 14.4 Å². The topological polar surface area (TPSA) is 114 Å². The van der Waals surface area contributed by atoms with Crippen LogP contribution in [0.3, 0.4) is 0 Å². The Morgan fingerprint density at radius 2 is 1.93 bits per heavy atom. The minimum atomic E-state index is -0.650. The molecule has 3 amide bonds. The maximum absolute atomic E-state index is 13.1. The van der Waals surface area contributed by atoms with Crippen molar-refractivity contribution in [2.75, 3.05) is 32.7 Å². The number of para-hydroxylation sites is 1. The molecular formula is C20H25ClN6O3. The number of rotatable bonds is 4. The van der Waals surface area contributed by atoms with Crippen LogP contribution in [-0.4, -0.2) is 76.1 Å². The molecule has 9 nitrogen and oxygen atoms in total. The van der Waals surface area contributed by atoms with Gasteiger partial charge in [-0.15, -0.1) is 12.4 Å². The van der Waals surface area contributed by atoms with Crippen LogP contribution in [0.5, 0.6) is 0 Å². The smallest absolute Gasteiger partial charge is 0.274 e. The number of piperazine rings is 1. The van der Waals surface area contributed by atoms with Gasteiger partial charge in [0.25, 0.3) is 11.8 Å². The van der Waals surface area contributed by atoms with E-state index in [0.29, 0.717) is 31.9 Å². The van der Waals surface area contributed by atoms with Crippen molar-refractivity contribution in [3.8, 4) is 5.69 Å². The molecule has 2 fully saturated rings. The van der Waals surface area contributed by atoms with Gasteiger partial charge in [-0.05, 0) is 25.0 Å². The van der Waals surface area contributed by atoms with E-state index in [2.05, 4.69) is 10.4 Å². The summed E-state index contributed by atoms with van der Waals surface area (Å²) in [6.45, 7) is 2.82. The van der Waals surface area contributed by atoms with Crippen molar-refractivity contribution in [3.63, 3.8) is 0 Å². The van der Waals surface area contributed by atoms with Crippen LogP contribution >= 0.6 is 12.4 Å². The van der Waals surface area contributed by atoms with Crippen molar-refractivity contribution in [2.24, 2.45) is 5.73 Å². The normalized spacial score (nSPS) is 19.3. The van der Waals surface area contributed by atoms with Crippen molar-refractivity contribution in [2.45, 2.75) is 18.9 Å². The first kappa shape index (κ1) is 21.8. The van der Waals surface area contributed by atoms with E-state index in [0.717, 1.165) is 19.4 Å². The van der Waals surface area contributed by atoms with Gasteiger partial charge < -0.3 is 20.9 Å². The van der Waals surface area contributed by atoms with Gasteiger partial charge in [-0.1, -0.05) is 18.2 Å². The number of halogens is 1. The molecule has 2 saturated heterocycles. The van der Waals surface area contributed by atoms with E-state index in [1.807, 2.05) is 23.1 Å². The summed E-state index contributed by atoms with van der Waals surface area (Å²) in [6.07, 6.45) is 1.69. The summed E-state index contributed by atoms with van der Waals surface area (Å²) in [5, 5.41) is 7.43. The largest absolute Gasteiger partial charge is 0.364 e. The van der Waals surface area contributed by atoms with Gasteiger partial charge in [0.05, 0.1) is 12.2 Å². The second kappa shape index (κ2) is 9.27. The third-order valence-electron chi connectivity index (χ3n) is 5.43. The lowest BCUT2D eigenvalue weighted by molar-refractivity contribution is -0.135. The molecule has 30 heavy (non-hydrogen) atoms. The lowest BCUT2D eigenvalue weighted by Gasteiger charge is -2.40. The number of nitrogens with two attached hydrogens (primary N) is 1. The van der Waals surface area contributed by atoms with E-state index in [1.165, 1.54) is 10.7 Å². The average molecular weight is 433 g/mol. The molecule has 1 aromatic heterocycles. The van der Waals surface area contributed by atoms with Crippen LogP contribution in [0, 0.1) is 0 Å². The Morgan fingerprint density at radius 1 is 1.17 bits per heavy atom. The predicted octanol–water partition coefficient (Wildman–Crippen LogP) is 0.429. The summed E-state index contributed by atoms with van der Waals surface area (Å²) in [5.74, 6) is -0.835. The summed E-state index contributed by atoms with van der Waals surface area (Å²) in [6, 6.07) is 10.5. The standard InChI is InChI=1S/C20H24N6O3.ClH/c21-19(28)17-11-16(23-26(17)14-5-2-1-3-6-14)20(29)24-9-4-7-15(13-24)25-10-8-22-12-18(25)27;/h1-3,5-6,11,15,22H,4,7-10,12-13H2,(H2,21,28);1H. The highest BCUT2D eigenvalue weighted by Gasteiger charge is 2.33. The number of aromatic nitrogens is 2. The van der Waals surface area contributed by atoms with Crippen molar-refractivity contribution in [3.05, 3.63) is 47.8 Å². The minimum absolute atomic E-state index is 0. The van der Waals surface area contributed by atoms with Gasteiger partial charge in [0, 0.05) is 38.3 Å². The maximum Gasteiger partial charge on any atom is 0.274 e. The van der Waals surface area contributed by atoms with Crippen LogP contribution in [0.2, 0.25) is 0 Å². The number of nitrogens with zero attached hydrogens (tertiary/aromatic N) is 4. The third kappa shape index (κ3) is 4.31. The highest BCUT2D eigenvalue weighted by atomic mass is 35.5. The summed E-state index contributed by atoms with van der Waals surface area (Å²) < 4.78 is 1.40. The molecule has 3 heterocycles. The molecule has 2 aromatic rings. The quantitative estimate of drug-likeness (QED) is 0.727. The first-order valence-electron chi connectivity index (χ1n) is 9.79. The van der Waals surface area contributed by atoms with Crippen LogP contribution in [0.25, 0.3) is 5.69 Å². The highest BCUT2D eigenvalue weighted by molar-refractivity contribution is 5.97. The molecule has 1 unspecified atom stereocenters. The summed E-state index contributed by atoms with van der Waals surface area (Å²) >= 11 is 0. The lowest BCUT2D eigenvalue weighted by atomic mass is 10.0. The molecule has 0 spiro atoms. The third-order valence-corrected chi connectivity index (χ3v) is 5.43. The number of hydrogen-bond acceptors (Lipinski definition) is 5. The zero-order chi connectivity index (χ0) is 20.4. The van der Waals surface area contributed by atoms with E-state index < -0.39 is 5.91 Å². The fourth-order valence-electron chi connectivity index (χ4n) is 3.99. The van der Waals surface area contributed by atoms with Crippen LogP contribution in [0.15, 0.2) is 36.4 Å². The van der Waals surface area contributed by atoms with E-state index in [4.69, 9.17) is 5.73 Å². The Labute approximate surface area is 180 Å². The SMILES string of the molecule is Cl.NC(=O)c1cc(C(=O)N2CCCC(N3CCNCC3=O)C2)nn1-c1ccccc1. The average Bonchev–Trinajstić information content (AvgIpc) is 3.20. The molecule has 0 aliphatic carbocycles. The van der Waals surface area contributed by atoms with Gasteiger partial charge in [-0.25, -0.2) is 4.68 Å². The Hall–Kier alpha value is -2.91. The second-order valence-electron chi connectivity index (χ2n) is 7.34. The molecule has 2 aliphatic rings. The number of primary amides is 1. The molecule has 0 bridgehead atoms. The van der Waals surface area contributed by atoms with Crippen molar-refractivity contribution >= 4 is 30.1 Å². The summed E-state index contributed by atoms with van der Waals surface area (Å²) in [4.78, 5) is 40.8. The Kier molecular flexibility index (Phi) is 6.73. The zero-order valence-electron chi connectivity index (χ0n) is 16.5. The fourth-order valence-corrected chi connectivity index (χ4v) is 3.99. The molecule has 3 N–H and O–H groups in total. The first-order valence-corrected chi connectivity index (χ1v) is 9.79. The highest BCUT2D eigenvalue weighted by Crippen LogP contribution is 2.20. The van der Waals surface area contributed by atoms with E-state index in [-0.39, 0.29) is 41.7 Å². The summed E-state index contributed by atoms with van der Waals surface area (Å²) in [5.41, 5.74) is 6.49. The molecule has 4 rings (SSSR count). The number of benzene rings is 1. The first-order chi connectivity index (χ1) is 14.0. The van der Waals surface area contributed by atoms with Crippen LogP contribution < -0.4 is 11.1 Å². The number of amides is 3. The van der Waals surface area contributed by atoms with E-state index >= 15 is 0 Å². The zero-order valence-corrected chi connectivity index (χ0v) is 17.3. The van der Waals surface area contributed by atoms with Gasteiger partial charge in [0.1, 0.15) is 5.69 Å². The number of piperidine rings is 1. The molecular weight excluding hydrogens is 408 g/mol. The molecule has 2 aliphatic heterocycles. The van der Waals surface area contributed by atoms with Crippen LogP contribution in [0.4, 0.5) is 0 Å². The van der Waals surface area contributed by atoms with Gasteiger partial charge in [0.15, 0.2) is 5.69 Å². The number of carbonyl (C=O) groups is 3. The maximum atomic E-state index is 13.1. The van der Waals surface area contributed by atoms with Crippen molar-refractivity contribution in [1.29, 1.82) is 0 Å². The number of nitrogens with one attached hydrogen (secondary N) is 1. The van der Waals surface area contributed by atoms with E-state index in [1.54, 1.807) is 17.0 Å². The van der Waals surface area contributed by atoms with Crippen LogP contribution in [0.1, 0.15) is 33.8 Å². The van der Waals surface area contributed by atoms with Gasteiger partial charge in [-0.3, -0.25) is 14.4 Å². The predicted molar refractivity (Wildman–Crippen MR) is 113 cm³/mol. The second-order valence-corrected chi connectivity index (χ2v) is 7.34. The Bertz CT molecular complexity index is 932. The Balaban J connectivity index is 0.00000256. The molecule has 10 heteroatoms. The number of carbonyl (C=O) groups excluding carboxylic acids is 3. The van der Waals surface area contributed by atoms with Crippen molar-refractivity contribution in [1.82, 2.24) is 24.9 Å². The van der Waals surface area contributed by atoms with Gasteiger partial charge >= 0.3 is 0 Å². The molecule has 0 radical (unpaired) electrons. The van der Waals surface area contributed by atoms with Gasteiger partial charge in [0.2, 0.25) is 5.91 Å². The molecule has 1 aromatic carbocycles. The number of hydrogen-bond donors (Lipinski definition) is 2. The molecule has 0 saturated carbocycles. The lowest BCUT2D eigenvalue weighted by Crippen LogP contribution is -2.57. The Morgan fingerprint density at radius 3 is 2.63 bits per heavy atom.